The van der Waals surface area contributed by atoms with Crippen LogP contribution >= 0.6 is 0 Å². The van der Waals surface area contributed by atoms with Gasteiger partial charge < -0.3 is 9.47 Å². The van der Waals surface area contributed by atoms with Crippen LogP contribution in [-0.2, 0) is 0 Å². The molecule has 0 aliphatic heterocycles. The Kier molecular flexibility index (Phi) is 6.37. The topological polar surface area (TPSA) is 59.9 Å². The van der Waals surface area contributed by atoms with Gasteiger partial charge >= 0.3 is 0 Å². The molecule has 0 spiro atoms. The molecule has 0 unspecified atom stereocenters. The number of rotatable bonds is 7. The van der Waals surface area contributed by atoms with Gasteiger partial charge in [-0.1, -0.05) is 43.7 Å². The van der Waals surface area contributed by atoms with Gasteiger partial charge in [-0.05, 0) is 30.2 Å². The molecule has 1 amide bonds. The summed E-state index contributed by atoms with van der Waals surface area (Å²) in [6.07, 6.45) is 1.73. The summed E-state index contributed by atoms with van der Waals surface area (Å²) in [5, 5.41) is 4.30. The van der Waals surface area contributed by atoms with Gasteiger partial charge in [0.05, 0.1) is 19.9 Å². The number of nitrogens with one attached hydrogen (secondary N) is 1. The van der Waals surface area contributed by atoms with Crippen LogP contribution in [0.3, 0.4) is 0 Å². The van der Waals surface area contributed by atoms with E-state index in [1.54, 1.807) is 25.3 Å². The number of benzene rings is 2. The Morgan fingerprint density at radius 3 is 2.33 bits per heavy atom. The molecule has 0 bridgehead atoms. The largest absolute Gasteiger partial charge is 0.493 e. The normalized spacial score (nSPS) is 11.0. The van der Waals surface area contributed by atoms with Gasteiger partial charge in [0.1, 0.15) is 0 Å². The number of nitrogens with zero attached hydrogens (tertiary/aromatic N) is 1. The van der Waals surface area contributed by atoms with E-state index in [4.69, 9.17) is 9.47 Å². The van der Waals surface area contributed by atoms with Crippen LogP contribution in [0.4, 0.5) is 0 Å². The maximum absolute atomic E-state index is 12.3. The summed E-state index contributed by atoms with van der Waals surface area (Å²) >= 11 is 0. The molecule has 0 saturated carbocycles. The average Bonchev–Trinajstić information content (AvgIpc) is 2.64. The third kappa shape index (κ3) is 4.35. The molecule has 5 nitrogen and oxygen atoms in total. The van der Waals surface area contributed by atoms with E-state index in [-0.39, 0.29) is 5.91 Å². The number of methoxy groups -OCH3 is 2. The summed E-state index contributed by atoms with van der Waals surface area (Å²) in [6.45, 7) is 2.08. The van der Waals surface area contributed by atoms with Gasteiger partial charge in [0.15, 0.2) is 11.5 Å². The first-order valence-corrected chi connectivity index (χ1v) is 7.84. The molecule has 0 heterocycles. The van der Waals surface area contributed by atoms with E-state index in [0.29, 0.717) is 17.1 Å². The van der Waals surface area contributed by atoms with E-state index in [1.807, 2.05) is 30.3 Å². The Balaban J connectivity index is 2.18. The van der Waals surface area contributed by atoms with Gasteiger partial charge in [-0.25, -0.2) is 5.43 Å². The Labute approximate surface area is 142 Å². The first-order valence-electron chi connectivity index (χ1n) is 7.84. The number of hydrogen-bond acceptors (Lipinski definition) is 4. The number of amides is 1. The van der Waals surface area contributed by atoms with Crippen molar-refractivity contribution in [2.45, 2.75) is 19.8 Å². The number of carbonyl (C=O) groups excluding carboxylic acids is 1. The zero-order chi connectivity index (χ0) is 17.4. The van der Waals surface area contributed by atoms with Crippen LogP contribution in [0.2, 0.25) is 0 Å². The highest BCUT2D eigenvalue weighted by Gasteiger charge is 2.11. The van der Waals surface area contributed by atoms with Gasteiger partial charge in [-0.15, -0.1) is 0 Å². The number of ether oxygens (including phenoxy) is 2. The van der Waals surface area contributed by atoms with Gasteiger partial charge in [0.2, 0.25) is 0 Å². The van der Waals surface area contributed by atoms with Gasteiger partial charge in [-0.2, -0.15) is 5.10 Å². The zero-order valence-electron chi connectivity index (χ0n) is 14.2. The molecule has 1 N–H and O–H groups in total. The molecule has 24 heavy (non-hydrogen) atoms. The van der Waals surface area contributed by atoms with Crippen molar-refractivity contribution in [3.63, 3.8) is 0 Å². The predicted octanol–water partition coefficient (Wildman–Crippen LogP) is 3.64. The molecule has 126 valence electrons. The molecular weight excluding hydrogens is 304 g/mol. The van der Waals surface area contributed by atoms with E-state index < -0.39 is 0 Å². The second kappa shape index (κ2) is 8.72. The van der Waals surface area contributed by atoms with E-state index in [1.165, 1.54) is 7.11 Å². The summed E-state index contributed by atoms with van der Waals surface area (Å²) in [7, 11) is 3.09. The molecule has 0 fully saturated rings. The summed E-state index contributed by atoms with van der Waals surface area (Å²) in [4.78, 5) is 12.3. The van der Waals surface area contributed by atoms with Gasteiger partial charge in [0.25, 0.3) is 5.91 Å². The highest BCUT2D eigenvalue weighted by Crippen LogP contribution is 2.27. The lowest BCUT2D eigenvalue weighted by atomic mass is 10.1. The lowest BCUT2D eigenvalue weighted by Gasteiger charge is -2.09. The Hall–Kier alpha value is -2.82. The maximum atomic E-state index is 12.3. The fraction of sp³-hybridized carbons (Fsp3) is 0.263. The minimum absolute atomic E-state index is 0.291. The molecule has 5 heteroatoms. The van der Waals surface area contributed by atoms with Crippen molar-refractivity contribution < 1.29 is 14.3 Å². The van der Waals surface area contributed by atoms with Crippen molar-refractivity contribution in [3.8, 4) is 11.5 Å². The van der Waals surface area contributed by atoms with Crippen molar-refractivity contribution in [2.75, 3.05) is 14.2 Å². The highest BCUT2D eigenvalue weighted by atomic mass is 16.5. The molecular formula is C19H22N2O3. The molecule has 0 atom stereocenters. The van der Waals surface area contributed by atoms with Crippen LogP contribution in [0.1, 0.15) is 35.7 Å². The molecule has 0 saturated heterocycles. The van der Waals surface area contributed by atoms with E-state index in [0.717, 1.165) is 24.1 Å². The molecule has 2 rings (SSSR count). The van der Waals surface area contributed by atoms with Crippen molar-refractivity contribution in [1.82, 2.24) is 5.43 Å². The second-order valence-corrected chi connectivity index (χ2v) is 5.19. The lowest BCUT2D eigenvalue weighted by molar-refractivity contribution is 0.0954. The monoisotopic (exact) mass is 326 g/mol. The molecule has 0 aromatic heterocycles. The third-order valence-corrected chi connectivity index (χ3v) is 3.53. The quantitative estimate of drug-likeness (QED) is 0.624. The Morgan fingerprint density at radius 2 is 1.71 bits per heavy atom. The summed E-state index contributed by atoms with van der Waals surface area (Å²) < 4.78 is 10.4. The fourth-order valence-electron chi connectivity index (χ4n) is 2.29. The van der Waals surface area contributed by atoms with Crippen LogP contribution in [0.25, 0.3) is 0 Å². The highest BCUT2D eigenvalue weighted by molar-refractivity contribution is 6.02. The summed E-state index contributed by atoms with van der Waals surface area (Å²) in [5.41, 5.74) is 4.94. The minimum Gasteiger partial charge on any atom is -0.493 e. The predicted molar refractivity (Wildman–Crippen MR) is 94.9 cm³/mol. The van der Waals surface area contributed by atoms with Crippen LogP contribution in [0.5, 0.6) is 11.5 Å². The van der Waals surface area contributed by atoms with Crippen molar-refractivity contribution in [1.29, 1.82) is 0 Å². The number of carbonyl (C=O) groups is 1. The standard InChI is InChI=1S/C19H22N2O3/c1-4-8-16(14-9-6-5-7-10-14)20-21-19(22)15-11-12-17(23-2)18(13-15)24-3/h5-7,9-13H,4,8H2,1-3H3,(H,21,22)/b20-16-. The molecule has 0 aliphatic rings. The Morgan fingerprint density at radius 1 is 1.00 bits per heavy atom. The van der Waals surface area contributed by atoms with E-state index >= 15 is 0 Å². The SMILES string of the molecule is CCC/C(=N/NC(=O)c1ccc(OC)c(OC)c1)c1ccccc1. The molecule has 2 aromatic carbocycles. The maximum Gasteiger partial charge on any atom is 0.271 e. The molecule has 2 aromatic rings. The summed E-state index contributed by atoms with van der Waals surface area (Å²) in [5.74, 6) is 0.792. The third-order valence-electron chi connectivity index (χ3n) is 3.53. The minimum atomic E-state index is -0.291. The van der Waals surface area contributed by atoms with E-state index in [9.17, 15) is 4.79 Å². The van der Waals surface area contributed by atoms with Crippen molar-refractivity contribution in [3.05, 3.63) is 59.7 Å². The molecule has 0 radical (unpaired) electrons. The summed E-state index contributed by atoms with van der Waals surface area (Å²) in [6, 6.07) is 14.8. The Bertz CT molecular complexity index is 712. The second-order valence-electron chi connectivity index (χ2n) is 5.19. The van der Waals surface area contributed by atoms with Crippen molar-refractivity contribution in [2.24, 2.45) is 5.10 Å². The smallest absolute Gasteiger partial charge is 0.271 e. The first-order chi connectivity index (χ1) is 11.7. The van der Waals surface area contributed by atoms with Crippen LogP contribution in [0, 0.1) is 0 Å². The number of hydrogen-bond donors (Lipinski definition) is 1. The van der Waals surface area contributed by atoms with E-state index in [2.05, 4.69) is 17.5 Å². The first kappa shape index (κ1) is 17.5. The average molecular weight is 326 g/mol. The van der Waals surface area contributed by atoms with Crippen LogP contribution < -0.4 is 14.9 Å². The fourth-order valence-corrected chi connectivity index (χ4v) is 2.29. The van der Waals surface area contributed by atoms with Gasteiger partial charge in [0, 0.05) is 5.56 Å². The lowest BCUT2D eigenvalue weighted by Crippen LogP contribution is -2.20. The zero-order valence-corrected chi connectivity index (χ0v) is 14.2. The molecule has 0 aliphatic carbocycles. The van der Waals surface area contributed by atoms with Gasteiger partial charge in [-0.3, -0.25) is 4.79 Å². The van der Waals surface area contributed by atoms with Crippen molar-refractivity contribution >= 4 is 11.6 Å². The van der Waals surface area contributed by atoms with Crippen LogP contribution in [0.15, 0.2) is 53.6 Å². The van der Waals surface area contributed by atoms with Crippen LogP contribution in [-0.4, -0.2) is 25.8 Å². The number of hydrazone groups is 1.